The van der Waals surface area contributed by atoms with Crippen LogP contribution in [0.15, 0.2) is 18.2 Å². The largest absolute Gasteiger partial charge is 0.370 e. The first kappa shape index (κ1) is 14.1. The van der Waals surface area contributed by atoms with E-state index >= 15 is 0 Å². The van der Waals surface area contributed by atoms with Crippen LogP contribution < -0.4 is 5.32 Å². The lowest BCUT2D eigenvalue weighted by molar-refractivity contribution is 1.05. The maximum Gasteiger partial charge on any atom is 0.161 e. The predicted octanol–water partition coefficient (Wildman–Crippen LogP) is 4.50. The number of nitrogens with zero attached hydrogens (tertiary/aromatic N) is 2. The molecule has 0 bridgehead atoms. The topological polar surface area (TPSA) is 37.8 Å². The van der Waals surface area contributed by atoms with Crippen LogP contribution in [0, 0.1) is 13.8 Å². The molecule has 0 aliphatic carbocycles. The summed E-state index contributed by atoms with van der Waals surface area (Å²) in [6.07, 6.45) is 0. The van der Waals surface area contributed by atoms with E-state index in [2.05, 4.69) is 15.3 Å². The summed E-state index contributed by atoms with van der Waals surface area (Å²) in [6, 6.07) is 5.32. The smallest absolute Gasteiger partial charge is 0.161 e. The first-order valence-electron chi connectivity index (χ1n) is 6.07. The predicted molar refractivity (Wildman–Crippen MR) is 81.1 cm³/mol. The Kier molecular flexibility index (Phi) is 4.27. The first-order valence-corrected chi connectivity index (χ1v) is 6.82. The average Bonchev–Trinajstić information content (AvgIpc) is 2.33. The van der Waals surface area contributed by atoms with Gasteiger partial charge in [-0.25, -0.2) is 9.97 Å². The number of benzene rings is 1. The second kappa shape index (κ2) is 5.76. The van der Waals surface area contributed by atoms with Gasteiger partial charge in [0.25, 0.3) is 0 Å². The van der Waals surface area contributed by atoms with E-state index in [9.17, 15) is 0 Å². The lowest BCUT2D eigenvalue weighted by atomic mass is 10.2. The van der Waals surface area contributed by atoms with Crippen molar-refractivity contribution in [3.63, 3.8) is 0 Å². The summed E-state index contributed by atoms with van der Waals surface area (Å²) in [7, 11) is 0. The van der Waals surface area contributed by atoms with Crippen LogP contribution in [0.4, 0.5) is 5.82 Å². The summed E-state index contributed by atoms with van der Waals surface area (Å²) in [6.45, 7) is 6.81. The highest BCUT2D eigenvalue weighted by Crippen LogP contribution is 2.27. The van der Waals surface area contributed by atoms with Gasteiger partial charge < -0.3 is 5.32 Å². The maximum atomic E-state index is 6.02. The Morgan fingerprint density at radius 2 is 1.68 bits per heavy atom. The molecule has 2 rings (SSSR count). The molecule has 0 spiro atoms. The van der Waals surface area contributed by atoms with Crippen molar-refractivity contribution in [3.8, 4) is 11.4 Å². The van der Waals surface area contributed by atoms with Crippen LogP contribution >= 0.6 is 23.2 Å². The molecule has 0 aliphatic heterocycles. The Bertz CT molecular complexity index is 592. The molecule has 100 valence electrons. The molecule has 0 saturated heterocycles. The minimum Gasteiger partial charge on any atom is -0.370 e. The molecule has 1 aromatic carbocycles. The van der Waals surface area contributed by atoms with E-state index < -0.39 is 0 Å². The van der Waals surface area contributed by atoms with E-state index in [0.29, 0.717) is 15.9 Å². The molecule has 0 amide bonds. The number of rotatable bonds is 3. The number of hydrogen-bond acceptors (Lipinski definition) is 3. The number of hydrogen-bond donors (Lipinski definition) is 1. The van der Waals surface area contributed by atoms with Crippen molar-refractivity contribution in [3.05, 3.63) is 39.5 Å². The highest BCUT2D eigenvalue weighted by atomic mass is 35.5. The van der Waals surface area contributed by atoms with Crippen LogP contribution in [0.1, 0.15) is 18.2 Å². The van der Waals surface area contributed by atoms with Gasteiger partial charge in [0, 0.05) is 33.4 Å². The van der Waals surface area contributed by atoms with Crippen LogP contribution in [-0.2, 0) is 0 Å². The lowest BCUT2D eigenvalue weighted by Gasteiger charge is -2.11. The third-order valence-corrected chi connectivity index (χ3v) is 3.29. The van der Waals surface area contributed by atoms with Gasteiger partial charge in [0.05, 0.1) is 0 Å². The summed E-state index contributed by atoms with van der Waals surface area (Å²) in [5.74, 6) is 1.48. The van der Waals surface area contributed by atoms with E-state index in [-0.39, 0.29) is 0 Å². The number of anilines is 1. The number of aromatic nitrogens is 2. The minimum absolute atomic E-state index is 0.578. The van der Waals surface area contributed by atoms with Crippen molar-refractivity contribution in [1.29, 1.82) is 0 Å². The zero-order valence-corrected chi connectivity index (χ0v) is 12.6. The van der Waals surface area contributed by atoms with E-state index in [0.717, 1.165) is 29.2 Å². The summed E-state index contributed by atoms with van der Waals surface area (Å²) < 4.78 is 0. The zero-order valence-electron chi connectivity index (χ0n) is 11.1. The molecule has 1 aromatic heterocycles. The highest BCUT2D eigenvalue weighted by Gasteiger charge is 2.10. The molecular weight excluding hydrogens is 281 g/mol. The van der Waals surface area contributed by atoms with Crippen molar-refractivity contribution in [2.45, 2.75) is 20.8 Å². The molecule has 0 radical (unpaired) electrons. The van der Waals surface area contributed by atoms with Crippen molar-refractivity contribution in [2.24, 2.45) is 0 Å². The number of aryl methyl sites for hydroxylation is 1. The summed E-state index contributed by atoms with van der Waals surface area (Å²) in [5, 5.41) is 4.40. The molecule has 19 heavy (non-hydrogen) atoms. The SMILES string of the molecule is CCNc1nc(-c2cc(Cl)cc(Cl)c2)nc(C)c1C. The van der Waals surface area contributed by atoms with Crippen LogP contribution in [-0.4, -0.2) is 16.5 Å². The van der Waals surface area contributed by atoms with Crippen molar-refractivity contribution >= 4 is 29.0 Å². The third kappa shape index (κ3) is 3.17. The van der Waals surface area contributed by atoms with E-state index in [4.69, 9.17) is 23.2 Å². The number of nitrogens with one attached hydrogen (secondary N) is 1. The Balaban J connectivity index is 2.55. The zero-order chi connectivity index (χ0) is 14.0. The molecule has 0 atom stereocenters. The molecule has 0 aliphatic rings. The van der Waals surface area contributed by atoms with Crippen molar-refractivity contribution < 1.29 is 0 Å². The van der Waals surface area contributed by atoms with Crippen molar-refractivity contribution in [1.82, 2.24) is 9.97 Å². The Morgan fingerprint density at radius 3 is 2.26 bits per heavy atom. The molecule has 0 fully saturated rings. The van der Waals surface area contributed by atoms with E-state index in [1.54, 1.807) is 6.07 Å². The van der Waals surface area contributed by atoms with E-state index in [1.807, 2.05) is 32.9 Å². The van der Waals surface area contributed by atoms with Gasteiger partial charge in [0.15, 0.2) is 5.82 Å². The molecule has 1 N–H and O–H groups in total. The fraction of sp³-hybridized carbons (Fsp3) is 0.286. The van der Waals surface area contributed by atoms with Crippen LogP contribution in [0.3, 0.4) is 0 Å². The van der Waals surface area contributed by atoms with Gasteiger partial charge >= 0.3 is 0 Å². The molecule has 0 unspecified atom stereocenters. The Morgan fingerprint density at radius 1 is 1.05 bits per heavy atom. The van der Waals surface area contributed by atoms with Gasteiger partial charge in [-0.15, -0.1) is 0 Å². The normalized spacial score (nSPS) is 10.6. The van der Waals surface area contributed by atoms with Gasteiger partial charge in [-0.05, 0) is 39.0 Å². The van der Waals surface area contributed by atoms with Crippen LogP contribution in [0.25, 0.3) is 11.4 Å². The Hall–Kier alpha value is -1.32. The van der Waals surface area contributed by atoms with Gasteiger partial charge in [0.2, 0.25) is 0 Å². The summed E-state index contributed by atoms with van der Waals surface area (Å²) in [4.78, 5) is 9.04. The quantitative estimate of drug-likeness (QED) is 0.906. The maximum absolute atomic E-state index is 6.02. The van der Waals surface area contributed by atoms with Gasteiger partial charge in [0.1, 0.15) is 5.82 Å². The fourth-order valence-electron chi connectivity index (χ4n) is 1.78. The van der Waals surface area contributed by atoms with Crippen LogP contribution in [0.2, 0.25) is 10.0 Å². The molecule has 5 heteroatoms. The van der Waals surface area contributed by atoms with Crippen molar-refractivity contribution in [2.75, 3.05) is 11.9 Å². The molecule has 1 heterocycles. The third-order valence-electron chi connectivity index (χ3n) is 2.85. The highest BCUT2D eigenvalue weighted by molar-refractivity contribution is 6.35. The molecule has 0 saturated carbocycles. The molecular formula is C14H15Cl2N3. The van der Waals surface area contributed by atoms with Crippen LogP contribution in [0.5, 0.6) is 0 Å². The second-order valence-electron chi connectivity index (χ2n) is 4.29. The molecule has 3 nitrogen and oxygen atoms in total. The second-order valence-corrected chi connectivity index (χ2v) is 5.17. The van der Waals surface area contributed by atoms with Gasteiger partial charge in [-0.3, -0.25) is 0 Å². The lowest BCUT2D eigenvalue weighted by Crippen LogP contribution is -2.06. The van der Waals surface area contributed by atoms with E-state index in [1.165, 1.54) is 0 Å². The number of halogens is 2. The first-order chi connectivity index (χ1) is 9.01. The summed E-state index contributed by atoms with van der Waals surface area (Å²) in [5.41, 5.74) is 2.82. The molecule has 2 aromatic rings. The average molecular weight is 296 g/mol. The van der Waals surface area contributed by atoms with Gasteiger partial charge in [-0.1, -0.05) is 23.2 Å². The monoisotopic (exact) mass is 295 g/mol. The minimum atomic E-state index is 0.578. The van der Waals surface area contributed by atoms with Gasteiger partial charge in [-0.2, -0.15) is 0 Å². The fourth-order valence-corrected chi connectivity index (χ4v) is 2.31. The standard InChI is InChI=1S/C14H15Cl2N3/c1-4-17-13-8(2)9(3)18-14(19-13)10-5-11(15)7-12(16)6-10/h5-7H,4H2,1-3H3,(H,17,18,19). The summed E-state index contributed by atoms with van der Waals surface area (Å²) >= 11 is 12.0. The Labute approximate surface area is 123 Å².